The number of benzene rings is 1. The summed E-state index contributed by atoms with van der Waals surface area (Å²) in [7, 11) is 1.58. The number of ketones is 3. The Morgan fingerprint density at radius 2 is 1.57 bits per heavy atom. The zero-order chi connectivity index (χ0) is 21.0. The van der Waals surface area contributed by atoms with Crippen molar-refractivity contribution in [1.82, 2.24) is 0 Å². The lowest BCUT2D eigenvalue weighted by Crippen LogP contribution is -2.56. The Balaban J connectivity index is 2.16. The molecule has 0 aliphatic heterocycles. The second-order valence-electron chi connectivity index (χ2n) is 8.21. The maximum Gasteiger partial charge on any atom is 0.160 e. The Morgan fingerprint density at radius 3 is 2.11 bits per heavy atom. The maximum absolute atomic E-state index is 13.1. The molecule has 0 saturated heterocycles. The van der Waals surface area contributed by atoms with Crippen LogP contribution in [0.5, 0.6) is 5.75 Å². The lowest BCUT2D eigenvalue weighted by Gasteiger charge is -2.40. The van der Waals surface area contributed by atoms with Crippen molar-refractivity contribution in [3.05, 3.63) is 39.7 Å². The molecule has 0 radical (unpaired) electrons. The molecule has 1 aliphatic rings. The summed E-state index contributed by atoms with van der Waals surface area (Å²) in [6.45, 7) is 8.34. The quantitative estimate of drug-likeness (QED) is 0.639. The van der Waals surface area contributed by atoms with Crippen LogP contribution in [-0.2, 0) is 14.4 Å². The first-order chi connectivity index (χ1) is 12.9. The lowest BCUT2D eigenvalue weighted by atomic mass is 9.57. The minimum Gasteiger partial charge on any atom is -0.496 e. The Hall–Kier alpha value is -1.98. The van der Waals surface area contributed by atoms with Crippen molar-refractivity contribution in [2.45, 2.75) is 40.5 Å². The van der Waals surface area contributed by atoms with Crippen LogP contribution in [-0.4, -0.2) is 24.5 Å². The predicted molar refractivity (Wildman–Crippen MR) is 111 cm³/mol. The number of carbonyl (C=O) groups excluding carboxylic acids is 3. The van der Waals surface area contributed by atoms with Crippen LogP contribution in [0.1, 0.15) is 44.1 Å². The number of aryl methyl sites for hydroxylation is 1. The fraction of sp³-hybridized carbons (Fsp3) is 0.409. The molecule has 0 amide bonds. The third-order valence-corrected chi connectivity index (χ3v) is 6.92. The molecule has 2 aromatic rings. The molecule has 1 aromatic carbocycles. The number of methoxy groups -OCH3 is 1. The van der Waals surface area contributed by atoms with Crippen molar-refractivity contribution in [3.63, 3.8) is 0 Å². The van der Waals surface area contributed by atoms with Crippen LogP contribution < -0.4 is 4.74 Å². The van der Waals surface area contributed by atoms with Gasteiger partial charge in [0.25, 0.3) is 0 Å². The number of Topliss-reactive ketones (excluding diaryl/α,β-unsaturated/α-hetero) is 3. The highest BCUT2D eigenvalue weighted by Gasteiger charge is 2.58. The molecule has 0 N–H and O–H groups in total. The molecule has 3 rings (SSSR count). The molecular formula is C22H23ClO4S. The largest absolute Gasteiger partial charge is 0.496 e. The van der Waals surface area contributed by atoms with Gasteiger partial charge in [-0.2, -0.15) is 0 Å². The first-order valence-electron chi connectivity index (χ1n) is 9.00. The minimum atomic E-state index is -1.20. The Labute approximate surface area is 173 Å². The van der Waals surface area contributed by atoms with Crippen molar-refractivity contribution in [2.24, 2.45) is 10.8 Å². The molecule has 0 atom stereocenters. The molecule has 0 unspecified atom stereocenters. The third-order valence-electron chi connectivity index (χ3n) is 5.59. The van der Waals surface area contributed by atoms with Crippen molar-refractivity contribution in [1.29, 1.82) is 0 Å². The summed E-state index contributed by atoms with van der Waals surface area (Å²) in [5.41, 5.74) is -0.945. The molecule has 1 saturated carbocycles. The fourth-order valence-corrected chi connectivity index (χ4v) is 5.17. The smallest absolute Gasteiger partial charge is 0.160 e. The summed E-state index contributed by atoms with van der Waals surface area (Å²) in [5, 5.41) is 0.570. The van der Waals surface area contributed by atoms with E-state index in [1.165, 1.54) is 11.3 Å². The molecular weight excluding hydrogens is 396 g/mol. The highest BCUT2D eigenvalue weighted by Crippen LogP contribution is 2.48. The van der Waals surface area contributed by atoms with Crippen LogP contribution in [0.25, 0.3) is 10.4 Å². The van der Waals surface area contributed by atoms with E-state index in [9.17, 15) is 14.4 Å². The van der Waals surface area contributed by atoms with Crippen molar-refractivity contribution in [2.75, 3.05) is 7.11 Å². The van der Waals surface area contributed by atoms with Gasteiger partial charge in [0.15, 0.2) is 17.3 Å². The first-order valence-corrected chi connectivity index (χ1v) is 10.2. The van der Waals surface area contributed by atoms with Crippen molar-refractivity contribution in [3.8, 4) is 16.2 Å². The van der Waals surface area contributed by atoms with Gasteiger partial charge in [-0.15, -0.1) is 11.3 Å². The number of hydrogen-bond acceptors (Lipinski definition) is 5. The van der Waals surface area contributed by atoms with Gasteiger partial charge in [0.1, 0.15) is 11.7 Å². The maximum atomic E-state index is 13.1. The summed E-state index contributed by atoms with van der Waals surface area (Å²) >= 11 is 7.64. The molecule has 1 aromatic heterocycles. The second-order valence-corrected chi connectivity index (χ2v) is 9.90. The molecule has 4 nitrogen and oxygen atoms in total. The van der Waals surface area contributed by atoms with Gasteiger partial charge < -0.3 is 4.74 Å². The summed E-state index contributed by atoms with van der Waals surface area (Å²) in [6, 6.07) is 7.19. The average Bonchev–Trinajstić information content (AvgIpc) is 3.01. The van der Waals surface area contributed by atoms with Gasteiger partial charge in [0, 0.05) is 20.3 Å². The summed E-state index contributed by atoms with van der Waals surface area (Å²) in [4.78, 5) is 40.8. The van der Waals surface area contributed by atoms with Gasteiger partial charge in [0.2, 0.25) is 0 Å². The van der Waals surface area contributed by atoms with E-state index in [-0.39, 0.29) is 17.3 Å². The number of halogens is 1. The van der Waals surface area contributed by atoms with Crippen molar-refractivity contribution >= 4 is 40.3 Å². The molecule has 148 valence electrons. The van der Waals surface area contributed by atoms with E-state index in [0.29, 0.717) is 16.3 Å². The molecule has 6 heteroatoms. The van der Waals surface area contributed by atoms with Gasteiger partial charge in [-0.25, -0.2) is 0 Å². The van der Waals surface area contributed by atoms with Crippen LogP contribution in [0.4, 0.5) is 0 Å². The molecule has 0 spiro atoms. The van der Waals surface area contributed by atoms with Crippen molar-refractivity contribution < 1.29 is 19.1 Å². The SMILES string of the molecule is COc1ccc(Cl)cc1-c1cc(C2C(=O)C(C)(C)C(=O)C(C)(C)C2=O)c(C)s1. The highest BCUT2D eigenvalue weighted by atomic mass is 35.5. The van der Waals surface area contributed by atoms with Crippen LogP contribution in [0.15, 0.2) is 24.3 Å². The lowest BCUT2D eigenvalue weighted by molar-refractivity contribution is -0.157. The van der Waals surface area contributed by atoms with E-state index in [0.717, 1.165) is 15.3 Å². The van der Waals surface area contributed by atoms with Gasteiger partial charge >= 0.3 is 0 Å². The Bertz CT molecular complexity index is 970. The molecule has 28 heavy (non-hydrogen) atoms. The van der Waals surface area contributed by atoms with Gasteiger partial charge in [-0.3, -0.25) is 14.4 Å². The topological polar surface area (TPSA) is 60.4 Å². The summed E-state index contributed by atoms with van der Waals surface area (Å²) < 4.78 is 5.44. The van der Waals surface area contributed by atoms with Crippen LogP contribution in [0, 0.1) is 17.8 Å². The number of carbonyl (C=O) groups is 3. The summed E-state index contributed by atoms with van der Waals surface area (Å²) in [5.74, 6) is -1.29. The molecule has 1 fully saturated rings. The normalized spacial score (nSPS) is 19.2. The monoisotopic (exact) mass is 418 g/mol. The Morgan fingerprint density at radius 1 is 1.00 bits per heavy atom. The van der Waals surface area contributed by atoms with Gasteiger partial charge in [-0.05, 0) is 64.4 Å². The van der Waals surface area contributed by atoms with E-state index in [1.807, 2.05) is 13.0 Å². The standard InChI is InChI=1S/C22H23ClO4S/c1-11-13(10-16(28-11)14-9-12(23)7-8-15(14)27-6)17-18(24)21(2,3)20(26)22(4,5)19(17)25/h7-10,17H,1-6H3. The molecule has 0 bridgehead atoms. The highest BCUT2D eigenvalue weighted by molar-refractivity contribution is 7.15. The minimum absolute atomic E-state index is 0.323. The number of thiophene rings is 1. The fourth-order valence-electron chi connectivity index (χ4n) is 3.92. The number of hydrogen-bond donors (Lipinski definition) is 0. The number of ether oxygens (including phenoxy) is 1. The molecule has 1 heterocycles. The first kappa shape index (κ1) is 20.7. The van der Waals surface area contributed by atoms with Crippen LogP contribution in [0.2, 0.25) is 5.02 Å². The van der Waals surface area contributed by atoms with Crippen LogP contribution >= 0.6 is 22.9 Å². The van der Waals surface area contributed by atoms with Gasteiger partial charge in [0.05, 0.1) is 17.9 Å². The van der Waals surface area contributed by atoms with E-state index >= 15 is 0 Å². The molecule has 1 aliphatic carbocycles. The average molecular weight is 419 g/mol. The van der Waals surface area contributed by atoms with E-state index in [1.54, 1.807) is 53.0 Å². The number of rotatable bonds is 3. The van der Waals surface area contributed by atoms with Crippen LogP contribution in [0.3, 0.4) is 0 Å². The van der Waals surface area contributed by atoms with E-state index in [4.69, 9.17) is 16.3 Å². The zero-order valence-electron chi connectivity index (χ0n) is 16.8. The Kier molecular flexibility index (Phi) is 5.05. The van der Waals surface area contributed by atoms with Gasteiger partial charge in [-0.1, -0.05) is 11.6 Å². The zero-order valence-corrected chi connectivity index (χ0v) is 18.4. The van der Waals surface area contributed by atoms with E-state index in [2.05, 4.69) is 0 Å². The predicted octanol–water partition coefficient (Wildman–Crippen LogP) is 5.24. The third kappa shape index (κ3) is 3.01. The second kappa shape index (κ2) is 6.82. The summed E-state index contributed by atoms with van der Waals surface area (Å²) in [6.07, 6.45) is 0. The van der Waals surface area contributed by atoms with E-state index < -0.39 is 16.7 Å².